The van der Waals surface area contributed by atoms with Crippen molar-refractivity contribution in [1.82, 2.24) is 4.90 Å². The lowest BCUT2D eigenvalue weighted by atomic mass is 9.76. The Balaban J connectivity index is 1.56. The summed E-state index contributed by atoms with van der Waals surface area (Å²) >= 11 is 0. The van der Waals surface area contributed by atoms with Gasteiger partial charge in [0.05, 0.1) is 11.5 Å². The van der Waals surface area contributed by atoms with Gasteiger partial charge in [0, 0.05) is 18.5 Å². The number of hydrogen-bond acceptors (Lipinski definition) is 2. The molecule has 124 valence electrons. The highest BCUT2D eigenvalue weighted by Gasteiger charge is 2.55. The third-order valence-electron chi connectivity index (χ3n) is 6.52. The van der Waals surface area contributed by atoms with Gasteiger partial charge in [-0.2, -0.15) is 0 Å². The molecule has 2 aliphatic carbocycles. The number of benzene rings is 1. The zero-order valence-electron chi connectivity index (χ0n) is 14.1. The molecular formula is C20H27NO2. The summed E-state index contributed by atoms with van der Waals surface area (Å²) in [4.78, 5) is 15.3. The van der Waals surface area contributed by atoms with E-state index in [1.807, 2.05) is 0 Å². The van der Waals surface area contributed by atoms with E-state index in [0.29, 0.717) is 5.91 Å². The van der Waals surface area contributed by atoms with Crippen molar-refractivity contribution in [3.63, 3.8) is 0 Å². The Hall–Kier alpha value is -1.35. The third kappa shape index (κ3) is 2.40. The van der Waals surface area contributed by atoms with E-state index in [-0.39, 0.29) is 16.9 Å². The van der Waals surface area contributed by atoms with Crippen molar-refractivity contribution in [2.24, 2.45) is 5.41 Å². The number of carbonyl (C=O) groups is 1. The Bertz CT molecular complexity index is 605. The molecule has 2 atom stereocenters. The predicted octanol–water partition coefficient (Wildman–Crippen LogP) is 3.18. The van der Waals surface area contributed by atoms with E-state index < -0.39 is 0 Å². The highest BCUT2D eigenvalue weighted by atomic mass is 16.3. The van der Waals surface area contributed by atoms with Gasteiger partial charge in [0.25, 0.3) is 0 Å². The largest absolute Gasteiger partial charge is 0.392 e. The highest BCUT2D eigenvalue weighted by molar-refractivity contribution is 5.91. The van der Waals surface area contributed by atoms with Crippen molar-refractivity contribution in [3.8, 4) is 0 Å². The molecule has 3 fully saturated rings. The Labute approximate surface area is 138 Å². The monoisotopic (exact) mass is 313 g/mol. The van der Waals surface area contributed by atoms with E-state index in [1.165, 1.54) is 11.1 Å². The number of rotatable bonds is 2. The number of nitrogens with zero attached hydrogens (tertiary/aromatic N) is 1. The van der Waals surface area contributed by atoms with Gasteiger partial charge in [-0.05, 0) is 51.0 Å². The molecule has 3 heteroatoms. The van der Waals surface area contributed by atoms with Crippen molar-refractivity contribution < 1.29 is 9.90 Å². The molecule has 0 unspecified atom stereocenters. The first-order chi connectivity index (χ1) is 11.1. The van der Waals surface area contributed by atoms with Crippen LogP contribution in [0, 0.1) is 12.3 Å². The minimum absolute atomic E-state index is 0.0166. The maximum atomic E-state index is 13.3. The summed E-state index contributed by atoms with van der Waals surface area (Å²) in [6, 6.07) is 8.48. The number of aryl methyl sites for hydroxylation is 1. The Morgan fingerprint density at radius 1 is 1.13 bits per heavy atom. The molecule has 1 heterocycles. The summed E-state index contributed by atoms with van der Waals surface area (Å²) in [6.45, 7) is 3.71. The number of amides is 1. The van der Waals surface area contributed by atoms with Crippen LogP contribution >= 0.6 is 0 Å². The van der Waals surface area contributed by atoms with Crippen molar-refractivity contribution in [2.75, 3.05) is 13.1 Å². The molecule has 4 rings (SSSR count). The summed E-state index contributed by atoms with van der Waals surface area (Å²) in [7, 11) is 0. The third-order valence-corrected chi connectivity index (χ3v) is 6.52. The molecule has 0 bridgehead atoms. The van der Waals surface area contributed by atoms with Gasteiger partial charge in [-0.1, -0.05) is 36.2 Å². The second-order valence-electron chi connectivity index (χ2n) is 8.05. The van der Waals surface area contributed by atoms with Crippen molar-refractivity contribution in [1.29, 1.82) is 0 Å². The normalized spacial score (nSPS) is 32.3. The number of likely N-dealkylation sites (tertiary alicyclic amines) is 1. The van der Waals surface area contributed by atoms with Gasteiger partial charge in [-0.3, -0.25) is 4.79 Å². The van der Waals surface area contributed by atoms with Gasteiger partial charge >= 0.3 is 0 Å². The second kappa shape index (κ2) is 5.34. The minimum Gasteiger partial charge on any atom is -0.392 e. The molecule has 3 aliphatic rings. The molecule has 1 aromatic rings. The molecule has 1 amide bonds. The van der Waals surface area contributed by atoms with Crippen LogP contribution in [0.2, 0.25) is 0 Å². The van der Waals surface area contributed by atoms with Crippen LogP contribution in [0.3, 0.4) is 0 Å². The van der Waals surface area contributed by atoms with E-state index >= 15 is 0 Å². The van der Waals surface area contributed by atoms with Gasteiger partial charge in [-0.15, -0.1) is 0 Å². The second-order valence-corrected chi connectivity index (χ2v) is 8.05. The molecule has 1 spiro atoms. The van der Waals surface area contributed by atoms with Gasteiger partial charge in [0.2, 0.25) is 5.91 Å². The molecule has 0 radical (unpaired) electrons. The van der Waals surface area contributed by atoms with Crippen molar-refractivity contribution >= 4 is 5.91 Å². The molecule has 1 saturated heterocycles. The summed E-state index contributed by atoms with van der Waals surface area (Å²) in [5.41, 5.74) is 2.13. The number of aliphatic hydroxyl groups excluding tert-OH is 1. The molecule has 1 aliphatic heterocycles. The fourth-order valence-corrected chi connectivity index (χ4v) is 4.86. The maximum absolute atomic E-state index is 13.3. The summed E-state index contributed by atoms with van der Waals surface area (Å²) in [6.07, 6.45) is 6.93. The lowest BCUT2D eigenvalue weighted by Gasteiger charge is -2.43. The van der Waals surface area contributed by atoms with Crippen molar-refractivity contribution in [3.05, 3.63) is 35.4 Å². The maximum Gasteiger partial charge on any atom is 0.233 e. The van der Waals surface area contributed by atoms with E-state index in [9.17, 15) is 9.90 Å². The van der Waals surface area contributed by atoms with Gasteiger partial charge in [0.1, 0.15) is 0 Å². The summed E-state index contributed by atoms with van der Waals surface area (Å²) in [5, 5.41) is 10.4. The predicted molar refractivity (Wildman–Crippen MR) is 90.2 cm³/mol. The minimum atomic E-state index is -0.268. The lowest BCUT2D eigenvalue weighted by molar-refractivity contribution is -0.139. The summed E-state index contributed by atoms with van der Waals surface area (Å²) < 4.78 is 0. The van der Waals surface area contributed by atoms with Gasteiger partial charge in [0.15, 0.2) is 0 Å². The molecule has 1 N–H and O–H groups in total. The topological polar surface area (TPSA) is 40.5 Å². The van der Waals surface area contributed by atoms with Crippen LogP contribution in [-0.2, 0) is 10.2 Å². The van der Waals surface area contributed by atoms with Gasteiger partial charge < -0.3 is 10.0 Å². The van der Waals surface area contributed by atoms with Crippen LogP contribution in [0.25, 0.3) is 0 Å². The zero-order valence-corrected chi connectivity index (χ0v) is 14.1. The van der Waals surface area contributed by atoms with Crippen LogP contribution in [0.1, 0.15) is 56.1 Å². The molecule has 3 nitrogen and oxygen atoms in total. The van der Waals surface area contributed by atoms with Crippen LogP contribution in [-0.4, -0.2) is 35.1 Å². The van der Waals surface area contributed by atoms with Crippen LogP contribution in [0.15, 0.2) is 24.3 Å². The average molecular weight is 313 g/mol. The molecule has 1 aromatic carbocycles. The first-order valence-corrected chi connectivity index (χ1v) is 9.10. The lowest BCUT2D eigenvalue weighted by Crippen LogP contribution is -2.52. The average Bonchev–Trinajstić information content (AvgIpc) is 3.30. The fourth-order valence-electron chi connectivity index (χ4n) is 4.86. The highest BCUT2D eigenvalue weighted by Crippen LogP contribution is 2.52. The first kappa shape index (κ1) is 15.2. The standard InChI is InChI=1S/C20H27NO2/c1-15-5-7-16(8-6-15)20(11-12-20)18(23)21-13-3-10-19(14-21)9-2-4-17(19)22/h5-8,17,22H,2-4,9-14H2,1H3/t17-,19+/m1/s1. The van der Waals surface area contributed by atoms with E-state index in [1.54, 1.807) is 0 Å². The Morgan fingerprint density at radius 3 is 2.43 bits per heavy atom. The molecule has 0 aromatic heterocycles. The Kier molecular flexibility index (Phi) is 3.53. The Morgan fingerprint density at radius 2 is 1.83 bits per heavy atom. The quantitative estimate of drug-likeness (QED) is 0.911. The van der Waals surface area contributed by atoms with E-state index in [4.69, 9.17) is 0 Å². The van der Waals surface area contributed by atoms with Crippen LogP contribution < -0.4 is 0 Å². The molecule has 2 saturated carbocycles. The number of hydrogen-bond donors (Lipinski definition) is 1. The van der Waals surface area contributed by atoms with Crippen LogP contribution in [0.5, 0.6) is 0 Å². The SMILES string of the molecule is Cc1ccc(C2(C(=O)N3CCC[C@@]4(CCC[C@H]4O)C3)CC2)cc1. The van der Waals surface area contributed by atoms with Crippen LogP contribution in [0.4, 0.5) is 0 Å². The fraction of sp³-hybridized carbons (Fsp3) is 0.650. The number of aliphatic hydroxyl groups is 1. The van der Waals surface area contributed by atoms with Crippen molar-refractivity contribution in [2.45, 2.75) is 63.4 Å². The summed E-state index contributed by atoms with van der Waals surface area (Å²) in [5.74, 6) is 0.305. The molecule has 23 heavy (non-hydrogen) atoms. The van der Waals surface area contributed by atoms with E-state index in [0.717, 1.165) is 58.0 Å². The smallest absolute Gasteiger partial charge is 0.233 e. The van der Waals surface area contributed by atoms with Gasteiger partial charge in [-0.25, -0.2) is 0 Å². The first-order valence-electron chi connectivity index (χ1n) is 9.10. The number of piperidine rings is 1. The number of carbonyl (C=O) groups excluding carboxylic acids is 1. The van der Waals surface area contributed by atoms with E-state index in [2.05, 4.69) is 36.1 Å². The molecular weight excluding hydrogens is 286 g/mol. The zero-order chi connectivity index (χ0) is 16.1.